The quantitative estimate of drug-likeness (QED) is 0.788. The molecule has 0 radical (unpaired) electrons. The van der Waals surface area contributed by atoms with Gasteiger partial charge in [0, 0.05) is 5.75 Å². The van der Waals surface area contributed by atoms with E-state index in [-0.39, 0.29) is 17.1 Å². The molecule has 0 aromatic heterocycles. The fourth-order valence-corrected chi connectivity index (χ4v) is 2.00. The average molecular weight is 227 g/mol. The molecule has 5 heteroatoms. The highest BCUT2D eigenvalue weighted by molar-refractivity contribution is 7.90. The van der Waals surface area contributed by atoms with Gasteiger partial charge in [0.25, 0.3) is 0 Å². The predicted molar refractivity (Wildman–Crippen MR) is 54.3 cm³/mol. The molecule has 0 unspecified atom stereocenters. The van der Waals surface area contributed by atoms with Crippen molar-refractivity contribution in [3.63, 3.8) is 0 Å². The summed E-state index contributed by atoms with van der Waals surface area (Å²) in [5.41, 5.74) is 0.314. The molecular weight excluding hydrogens is 217 g/mol. The molecule has 0 amide bonds. The van der Waals surface area contributed by atoms with Crippen LogP contribution in [-0.4, -0.2) is 14.2 Å². The molecule has 0 saturated carbocycles. The molecule has 15 heavy (non-hydrogen) atoms. The van der Waals surface area contributed by atoms with Crippen LogP contribution in [0.25, 0.3) is 0 Å². The Hall–Kier alpha value is -1.41. The predicted octanol–water partition coefficient (Wildman–Crippen LogP) is 1.63. The summed E-state index contributed by atoms with van der Waals surface area (Å²) in [6, 6.07) is 5.42. The van der Waals surface area contributed by atoms with Gasteiger partial charge in [-0.05, 0) is 17.7 Å². The third kappa shape index (κ3) is 3.03. The van der Waals surface area contributed by atoms with Crippen molar-refractivity contribution >= 4 is 9.84 Å². The molecule has 0 N–H and O–H groups in total. The van der Waals surface area contributed by atoms with Gasteiger partial charge >= 0.3 is 0 Å². The van der Waals surface area contributed by atoms with E-state index in [1.807, 2.05) is 0 Å². The van der Waals surface area contributed by atoms with Gasteiger partial charge in [0.2, 0.25) is 0 Å². The minimum atomic E-state index is -3.14. The molecule has 1 rings (SSSR count). The van der Waals surface area contributed by atoms with E-state index >= 15 is 0 Å². The second kappa shape index (κ2) is 4.41. The Morgan fingerprint density at radius 1 is 1.47 bits per heavy atom. The first-order valence-corrected chi connectivity index (χ1v) is 6.19. The van der Waals surface area contributed by atoms with E-state index < -0.39 is 15.7 Å². The minimum absolute atomic E-state index is 0.0340. The molecular formula is C10H10FNO2S. The zero-order valence-electron chi connectivity index (χ0n) is 8.20. The highest BCUT2D eigenvalue weighted by Crippen LogP contribution is 2.12. The van der Waals surface area contributed by atoms with Crippen molar-refractivity contribution in [2.75, 3.05) is 5.75 Å². The number of nitriles is 1. The van der Waals surface area contributed by atoms with Gasteiger partial charge in [-0.2, -0.15) is 5.26 Å². The average Bonchev–Trinajstić information content (AvgIpc) is 2.20. The summed E-state index contributed by atoms with van der Waals surface area (Å²) >= 11 is 0. The number of benzene rings is 1. The first kappa shape index (κ1) is 11.7. The summed E-state index contributed by atoms with van der Waals surface area (Å²) in [6.45, 7) is 1.55. The van der Waals surface area contributed by atoms with Crippen LogP contribution in [0.1, 0.15) is 18.1 Å². The lowest BCUT2D eigenvalue weighted by Gasteiger charge is -2.02. The molecule has 0 fully saturated rings. The summed E-state index contributed by atoms with van der Waals surface area (Å²) in [4.78, 5) is 0. The van der Waals surface area contributed by atoms with E-state index in [4.69, 9.17) is 5.26 Å². The summed E-state index contributed by atoms with van der Waals surface area (Å²) in [5.74, 6) is -0.750. The lowest BCUT2D eigenvalue weighted by molar-refractivity contribution is 0.596. The molecule has 0 aliphatic rings. The number of rotatable bonds is 3. The Bertz CT molecular complexity index is 503. The van der Waals surface area contributed by atoms with Crippen molar-refractivity contribution < 1.29 is 12.8 Å². The summed E-state index contributed by atoms with van der Waals surface area (Å²) < 4.78 is 35.5. The Morgan fingerprint density at radius 2 is 2.13 bits per heavy atom. The van der Waals surface area contributed by atoms with Gasteiger partial charge in [0.15, 0.2) is 9.84 Å². The lowest BCUT2D eigenvalue weighted by atomic mass is 10.1. The van der Waals surface area contributed by atoms with E-state index in [1.54, 1.807) is 13.0 Å². The number of hydrogen-bond acceptors (Lipinski definition) is 3. The van der Waals surface area contributed by atoms with Crippen LogP contribution >= 0.6 is 0 Å². The zero-order chi connectivity index (χ0) is 11.5. The smallest absolute Gasteiger partial charge is 0.154 e. The van der Waals surface area contributed by atoms with E-state index in [0.717, 1.165) is 6.07 Å². The Balaban J connectivity index is 3.04. The van der Waals surface area contributed by atoms with Gasteiger partial charge in [0.05, 0.1) is 11.3 Å². The van der Waals surface area contributed by atoms with Crippen molar-refractivity contribution in [1.29, 1.82) is 5.26 Å². The van der Waals surface area contributed by atoms with Crippen LogP contribution in [0.4, 0.5) is 4.39 Å². The summed E-state index contributed by atoms with van der Waals surface area (Å²) in [6.07, 6.45) is 0. The van der Waals surface area contributed by atoms with Gasteiger partial charge < -0.3 is 0 Å². The highest BCUT2D eigenvalue weighted by atomic mass is 32.2. The van der Waals surface area contributed by atoms with Crippen molar-refractivity contribution in [3.05, 3.63) is 35.1 Å². The molecule has 80 valence electrons. The molecule has 0 aliphatic carbocycles. The standard InChI is InChI=1S/C10H10FNO2S/c1-2-15(13,14)7-8-3-4-10(11)9(5-8)6-12/h3-5H,2,7H2,1H3. The largest absolute Gasteiger partial charge is 0.229 e. The van der Waals surface area contributed by atoms with Crippen LogP contribution in [0.3, 0.4) is 0 Å². The molecule has 1 aromatic rings. The Morgan fingerprint density at radius 3 is 2.67 bits per heavy atom. The van der Waals surface area contributed by atoms with Crippen LogP contribution < -0.4 is 0 Å². The molecule has 0 heterocycles. The maximum Gasteiger partial charge on any atom is 0.154 e. The SMILES string of the molecule is CCS(=O)(=O)Cc1ccc(F)c(C#N)c1. The summed E-state index contributed by atoms with van der Waals surface area (Å²) in [5, 5.41) is 8.56. The second-order valence-electron chi connectivity index (χ2n) is 3.10. The molecule has 0 spiro atoms. The van der Waals surface area contributed by atoms with Gasteiger partial charge in [-0.1, -0.05) is 13.0 Å². The van der Waals surface area contributed by atoms with Crippen LogP contribution in [0, 0.1) is 17.1 Å². The van der Waals surface area contributed by atoms with Crippen LogP contribution in [0.2, 0.25) is 0 Å². The molecule has 0 atom stereocenters. The third-order valence-corrected chi connectivity index (χ3v) is 3.63. The number of nitrogens with zero attached hydrogens (tertiary/aromatic N) is 1. The van der Waals surface area contributed by atoms with Crippen LogP contribution in [0.5, 0.6) is 0 Å². The zero-order valence-corrected chi connectivity index (χ0v) is 9.01. The normalized spacial score (nSPS) is 11.0. The molecule has 0 saturated heterocycles. The van der Waals surface area contributed by atoms with Crippen LogP contribution in [-0.2, 0) is 15.6 Å². The van der Waals surface area contributed by atoms with E-state index in [1.165, 1.54) is 12.1 Å². The maximum absolute atomic E-state index is 12.9. The highest BCUT2D eigenvalue weighted by Gasteiger charge is 2.10. The first-order valence-electron chi connectivity index (χ1n) is 4.37. The fraction of sp³-hybridized carbons (Fsp3) is 0.300. The number of hydrogen-bond donors (Lipinski definition) is 0. The molecule has 0 aliphatic heterocycles. The maximum atomic E-state index is 12.9. The van der Waals surface area contributed by atoms with E-state index in [2.05, 4.69) is 0 Å². The van der Waals surface area contributed by atoms with Gasteiger partial charge in [-0.3, -0.25) is 0 Å². The Kier molecular flexibility index (Phi) is 3.43. The van der Waals surface area contributed by atoms with Crippen LogP contribution in [0.15, 0.2) is 18.2 Å². The first-order chi connectivity index (χ1) is 6.98. The molecule has 3 nitrogen and oxygen atoms in total. The number of halogens is 1. The van der Waals surface area contributed by atoms with Crippen molar-refractivity contribution in [2.45, 2.75) is 12.7 Å². The monoisotopic (exact) mass is 227 g/mol. The van der Waals surface area contributed by atoms with Crippen molar-refractivity contribution in [3.8, 4) is 6.07 Å². The van der Waals surface area contributed by atoms with E-state index in [9.17, 15) is 12.8 Å². The second-order valence-corrected chi connectivity index (χ2v) is 5.46. The minimum Gasteiger partial charge on any atom is -0.229 e. The van der Waals surface area contributed by atoms with Crippen molar-refractivity contribution in [1.82, 2.24) is 0 Å². The van der Waals surface area contributed by atoms with E-state index in [0.29, 0.717) is 5.56 Å². The number of sulfone groups is 1. The fourth-order valence-electron chi connectivity index (χ4n) is 1.10. The lowest BCUT2D eigenvalue weighted by Crippen LogP contribution is -2.06. The molecule has 0 bridgehead atoms. The van der Waals surface area contributed by atoms with Gasteiger partial charge in [-0.15, -0.1) is 0 Å². The summed E-state index contributed by atoms with van der Waals surface area (Å²) in [7, 11) is -3.14. The van der Waals surface area contributed by atoms with Crippen molar-refractivity contribution in [2.24, 2.45) is 0 Å². The van der Waals surface area contributed by atoms with Gasteiger partial charge in [0.1, 0.15) is 11.9 Å². The Labute approximate surface area is 88.1 Å². The topological polar surface area (TPSA) is 57.9 Å². The third-order valence-electron chi connectivity index (χ3n) is 1.98. The van der Waals surface area contributed by atoms with Gasteiger partial charge in [-0.25, -0.2) is 12.8 Å². The molecule has 1 aromatic carbocycles.